The van der Waals surface area contributed by atoms with Crippen LogP contribution in [0, 0.1) is 11.7 Å². The molecule has 0 spiro atoms. The Morgan fingerprint density at radius 3 is 2.87 bits per heavy atom. The minimum atomic E-state index is -0.549. The second-order valence-corrected chi connectivity index (χ2v) is 8.29. The van der Waals surface area contributed by atoms with E-state index in [1.54, 1.807) is 12.1 Å². The SMILES string of the molecule is CC(=O)NCC1CN(c2ccc(N3CC4CCCN(CCF)C4C3)c(F)c2)C(=O)O1. The number of fused-ring (bicyclic) bond motifs is 1. The molecule has 0 radical (unpaired) electrons. The molecule has 4 rings (SSSR count). The van der Waals surface area contributed by atoms with Crippen LogP contribution < -0.4 is 15.1 Å². The summed E-state index contributed by atoms with van der Waals surface area (Å²) in [7, 11) is 0. The number of cyclic esters (lactones) is 1. The van der Waals surface area contributed by atoms with Gasteiger partial charge in [-0.25, -0.2) is 13.6 Å². The van der Waals surface area contributed by atoms with E-state index in [-0.39, 0.29) is 37.5 Å². The van der Waals surface area contributed by atoms with Gasteiger partial charge in [0, 0.05) is 32.6 Å². The Morgan fingerprint density at radius 2 is 2.13 bits per heavy atom. The van der Waals surface area contributed by atoms with Crippen molar-refractivity contribution in [1.29, 1.82) is 0 Å². The number of likely N-dealkylation sites (tertiary alicyclic amines) is 1. The fourth-order valence-electron chi connectivity index (χ4n) is 4.87. The second kappa shape index (κ2) is 8.75. The van der Waals surface area contributed by atoms with Crippen LogP contribution in [0.5, 0.6) is 0 Å². The molecular formula is C21H28F2N4O3. The first-order valence-corrected chi connectivity index (χ1v) is 10.5. The van der Waals surface area contributed by atoms with Gasteiger partial charge in [0.15, 0.2) is 0 Å². The number of piperidine rings is 1. The van der Waals surface area contributed by atoms with Crippen LogP contribution in [-0.2, 0) is 9.53 Å². The number of benzene rings is 1. The summed E-state index contributed by atoms with van der Waals surface area (Å²) in [6.45, 7) is 4.30. The van der Waals surface area contributed by atoms with Crippen molar-refractivity contribution in [2.75, 3.05) is 55.7 Å². The summed E-state index contributed by atoms with van der Waals surface area (Å²) in [6, 6.07) is 5.05. The topological polar surface area (TPSA) is 65.1 Å². The predicted octanol–water partition coefficient (Wildman–Crippen LogP) is 2.16. The summed E-state index contributed by atoms with van der Waals surface area (Å²) in [5, 5.41) is 2.62. The quantitative estimate of drug-likeness (QED) is 0.761. The minimum Gasteiger partial charge on any atom is -0.442 e. The van der Waals surface area contributed by atoms with Gasteiger partial charge in [-0.05, 0) is 43.5 Å². The molecule has 3 heterocycles. The molecule has 0 aliphatic carbocycles. The van der Waals surface area contributed by atoms with E-state index in [1.807, 2.05) is 4.90 Å². The van der Waals surface area contributed by atoms with Gasteiger partial charge in [-0.2, -0.15) is 0 Å². The van der Waals surface area contributed by atoms with E-state index >= 15 is 4.39 Å². The molecule has 0 saturated carbocycles. The van der Waals surface area contributed by atoms with Crippen molar-refractivity contribution in [2.45, 2.75) is 31.9 Å². The van der Waals surface area contributed by atoms with Crippen molar-refractivity contribution >= 4 is 23.4 Å². The number of nitrogens with one attached hydrogen (secondary N) is 1. The van der Waals surface area contributed by atoms with Crippen LogP contribution in [0.4, 0.5) is 25.0 Å². The highest BCUT2D eigenvalue weighted by atomic mass is 19.1. The first kappa shape index (κ1) is 20.8. The average molecular weight is 422 g/mol. The summed E-state index contributed by atoms with van der Waals surface area (Å²) < 4.78 is 33.1. The van der Waals surface area contributed by atoms with Crippen molar-refractivity contribution in [1.82, 2.24) is 10.2 Å². The molecule has 3 saturated heterocycles. The molecule has 3 fully saturated rings. The monoisotopic (exact) mass is 422 g/mol. The van der Waals surface area contributed by atoms with Crippen LogP contribution in [0.15, 0.2) is 18.2 Å². The van der Waals surface area contributed by atoms with E-state index in [2.05, 4.69) is 10.2 Å². The molecule has 1 N–H and O–H groups in total. The summed E-state index contributed by atoms with van der Waals surface area (Å²) in [5.74, 6) is -0.162. The molecule has 2 amide bonds. The zero-order valence-electron chi connectivity index (χ0n) is 17.2. The van der Waals surface area contributed by atoms with E-state index in [0.29, 0.717) is 30.4 Å². The van der Waals surface area contributed by atoms with Gasteiger partial charge in [-0.15, -0.1) is 0 Å². The van der Waals surface area contributed by atoms with Crippen molar-refractivity contribution in [3.63, 3.8) is 0 Å². The first-order valence-electron chi connectivity index (χ1n) is 10.5. The summed E-state index contributed by atoms with van der Waals surface area (Å²) in [6.07, 6.45) is 1.12. The lowest BCUT2D eigenvalue weighted by atomic mass is 9.92. The van der Waals surface area contributed by atoms with Gasteiger partial charge in [0.05, 0.1) is 24.5 Å². The fraction of sp³-hybridized carbons (Fsp3) is 0.619. The van der Waals surface area contributed by atoms with Crippen molar-refractivity contribution in [3.05, 3.63) is 24.0 Å². The number of hydrogen-bond acceptors (Lipinski definition) is 5. The summed E-state index contributed by atoms with van der Waals surface area (Å²) in [4.78, 5) is 28.8. The highest BCUT2D eigenvalue weighted by Crippen LogP contribution is 2.35. The molecule has 3 aliphatic heterocycles. The number of carbonyl (C=O) groups excluding carboxylic acids is 2. The van der Waals surface area contributed by atoms with Gasteiger partial charge >= 0.3 is 6.09 Å². The normalized spacial score (nSPS) is 26.6. The Labute approximate surface area is 174 Å². The maximum atomic E-state index is 15.0. The third-order valence-corrected chi connectivity index (χ3v) is 6.30. The Balaban J connectivity index is 1.44. The number of ether oxygens (including phenoxy) is 1. The number of halogens is 2. The summed E-state index contributed by atoms with van der Waals surface area (Å²) in [5.41, 5.74) is 0.943. The van der Waals surface area contributed by atoms with Crippen LogP contribution in [-0.4, -0.2) is 75.0 Å². The second-order valence-electron chi connectivity index (χ2n) is 8.29. The van der Waals surface area contributed by atoms with E-state index in [0.717, 1.165) is 25.9 Å². The Kier molecular flexibility index (Phi) is 6.08. The van der Waals surface area contributed by atoms with Gasteiger partial charge in [-0.1, -0.05) is 0 Å². The van der Waals surface area contributed by atoms with Crippen molar-refractivity contribution < 1.29 is 23.1 Å². The zero-order valence-corrected chi connectivity index (χ0v) is 17.2. The van der Waals surface area contributed by atoms with Crippen molar-refractivity contribution in [3.8, 4) is 0 Å². The van der Waals surface area contributed by atoms with Crippen LogP contribution in [0.3, 0.4) is 0 Å². The molecule has 1 aromatic rings. The number of rotatable bonds is 6. The molecule has 3 aliphatic rings. The number of hydrogen-bond donors (Lipinski definition) is 1. The van der Waals surface area contributed by atoms with Gasteiger partial charge in [0.25, 0.3) is 0 Å². The van der Waals surface area contributed by atoms with Crippen LogP contribution in [0.1, 0.15) is 19.8 Å². The maximum Gasteiger partial charge on any atom is 0.414 e. The number of anilines is 2. The highest BCUT2D eigenvalue weighted by molar-refractivity contribution is 5.90. The average Bonchev–Trinajstić information content (AvgIpc) is 3.30. The smallest absolute Gasteiger partial charge is 0.414 e. The first-order chi connectivity index (χ1) is 14.5. The lowest BCUT2D eigenvalue weighted by molar-refractivity contribution is -0.119. The number of carbonyl (C=O) groups is 2. The molecule has 3 atom stereocenters. The van der Waals surface area contributed by atoms with Gasteiger partial charge in [0.1, 0.15) is 18.6 Å². The molecule has 164 valence electrons. The van der Waals surface area contributed by atoms with Gasteiger partial charge in [-0.3, -0.25) is 14.6 Å². The molecule has 7 nitrogen and oxygen atoms in total. The van der Waals surface area contributed by atoms with Crippen LogP contribution >= 0.6 is 0 Å². The zero-order chi connectivity index (χ0) is 21.3. The molecule has 1 aromatic carbocycles. The van der Waals surface area contributed by atoms with Gasteiger partial charge in [0.2, 0.25) is 5.91 Å². The van der Waals surface area contributed by atoms with E-state index in [4.69, 9.17) is 4.74 Å². The van der Waals surface area contributed by atoms with E-state index in [9.17, 15) is 14.0 Å². The number of amides is 2. The Bertz CT molecular complexity index is 806. The fourth-order valence-corrected chi connectivity index (χ4v) is 4.87. The minimum absolute atomic E-state index is 0.198. The maximum absolute atomic E-state index is 15.0. The Morgan fingerprint density at radius 1 is 1.30 bits per heavy atom. The standard InChI is InChI=1S/C21H28F2N4O3/c1-14(28)24-10-17-12-27(21(29)30-17)16-4-5-19(18(23)9-16)26-11-15-3-2-7-25(8-6-22)20(15)13-26/h4-5,9,15,17,20H,2-3,6-8,10-13H2,1H3,(H,24,28). The molecule has 9 heteroatoms. The highest BCUT2D eigenvalue weighted by Gasteiger charge is 2.40. The van der Waals surface area contributed by atoms with Crippen molar-refractivity contribution in [2.24, 2.45) is 5.92 Å². The number of nitrogens with zero attached hydrogens (tertiary/aromatic N) is 3. The molecule has 0 aromatic heterocycles. The lowest BCUT2D eigenvalue weighted by Gasteiger charge is -2.36. The largest absolute Gasteiger partial charge is 0.442 e. The predicted molar refractivity (Wildman–Crippen MR) is 109 cm³/mol. The summed E-state index contributed by atoms with van der Waals surface area (Å²) >= 11 is 0. The van der Waals surface area contributed by atoms with Crippen LogP contribution in [0.25, 0.3) is 0 Å². The third kappa shape index (κ3) is 4.21. The molecule has 3 unspecified atom stereocenters. The van der Waals surface area contributed by atoms with E-state index in [1.165, 1.54) is 17.9 Å². The third-order valence-electron chi connectivity index (χ3n) is 6.30. The Hall–Kier alpha value is -2.42. The molecule has 0 bridgehead atoms. The van der Waals surface area contributed by atoms with Gasteiger partial charge < -0.3 is 15.0 Å². The lowest BCUT2D eigenvalue weighted by Crippen LogP contribution is -2.46. The molecule has 30 heavy (non-hydrogen) atoms. The number of alkyl halides is 1. The molecular weight excluding hydrogens is 394 g/mol. The van der Waals surface area contributed by atoms with Crippen LogP contribution in [0.2, 0.25) is 0 Å². The van der Waals surface area contributed by atoms with E-state index < -0.39 is 12.2 Å².